The number of carbonyl (C=O) groups is 1. The minimum absolute atomic E-state index is 0.101. The molecule has 114 valence electrons. The summed E-state index contributed by atoms with van der Waals surface area (Å²) in [4.78, 5) is 15.9. The second kappa shape index (κ2) is 7.43. The van der Waals surface area contributed by atoms with Crippen molar-refractivity contribution in [1.29, 1.82) is 5.26 Å². The van der Waals surface area contributed by atoms with Gasteiger partial charge in [-0.25, -0.2) is 9.78 Å². The number of carbonyl (C=O) groups excluding carboxylic acids is 1. The van der Waals surface area contributed by atoms with Crippen molar-refractivity contribution in [2.24, 2.45) is 0 Å². The number of hydrogen-bond acceptors (Lipinski definition) is 7. The van der Waals surface area contributed by atoms with E-state index in [1.165, 1.54) is 17.5 Å². The van der Waals surface area contributed by atoms with Crippen LogP contribution in [0.4, 0.5) is 5.13 Å². The molecule has 1 heterocycles. The molecule has 0 radical (unpaired) electrons. The molecule has 0 aliphatic rings. The molecule has 0 aliphatic heterocycles. The Morgan fingerprint density at radius 2 is 2.27 bits per heavy atom. The summed E-state index contributed by atoms with van der Waals surface area (Å²) in [5, 5.41) is 12.4. The highest BCUT2D eigenvalue weighted by atomic mass is 32.1. The van der Waals surface area contributed by atoms with Gasteiger partial charge in [-0.3, -0.25) is 0 Å². The van der Waals surface area contributed by atoms with Crippen LogP contribution in [0.3, 0.4) is 0 Å². The average Bonchev–Trinajstić information content (AvgIpc) is 2.90. The number of fused-ring (bicyclic) bond motifs is 1. The van der Waals surface area contributed by atoms with Crippen LogP contribution in [0, 0.1) is 11.3 Å². The fraction of sp³-hybridized carbons (Fsp3) is 0.267. The van der Waals surface area contributed by atoms with Gasteiger partial charge in [0.1, 0.15) is 11.8 Å². The molecule has 1 aromatic carbocycles. The van der Waals surface area contributed by atoms with Crippen LogP contribution in [0.5, 0.6) is 5.75 Å². The maximum absolute atomic E-state index is 11.5. The predicted molar refractivity (Wildman–Crippen MR) is 84.7 cm³/mol. The maximum atomic E-state index is 11.5. The van der Waals surface area contributed by atoms with Gasteiger partial charge in [-0.2, -0.15) is 5.26 Å². The molecule has 0 fully saturated rings. The van der Waals surface area contributed by atoms with Gasteiger partial charge in [-0.05, 0) is 32.0 Å². The fourth-order valence-electron chi connectivity index (χ4n) is 1.70. The van der Waals surface area contributed by atoms with E-state index in [-0.39, 0.29) is 12.2 Å². The summed E-state index contributed by atoms with van der Waals surface area (Å²) >= 11 is 1.41. The maximum Gasteiger partial charge on any atom is 0.350 e. The Morgan fingerprint density at radius 1 is 1.45 bits per heavy atom. The Labute approximate surface area is 132 Å². The highest BCUT2D eigenvalue weighted by Gasteiger charge is 2.10. The van der Waals surface area contributed by atoms with Crippen LogP contribution < -0.4 is 10.1 Å². The monoisotopic (exact) mass is 317 g/mol. The quantitative estimate of drug-likeness (QED) is 0.501. The molecule has 22 heavy (non-hydrogen) atoms. The van der Waals surface area contributed by atoms with E-state index in [1.807, 2.05) is 25.1 Å². The Balaban J connectivity index is 2.17. The van der Waals surface area contributed by atoms with Crippen LogP contribution in [-0.4, -0.2) is 24.2 Å². The summed E-state index contributed by atoms with van der Waals surface area (Å²) in [6, 6.07) is 7.42. The number of thiazole rings is 1. The van der Waals surface area contributed by atoms with Gasteiger partial charge in [0, 0.05) is 6.20 Å². The number of esters is 1. The van der Waals surface area contributed by atoms with Crippen molar-refractivity contribution in [3.8, 4) is 11.8 Å². The second-order valence-electron chi connectivity index (χ2n) is 4.12. The van der Waals surface area contributed by atoms with Crippen LogP contribution in [-0.2, 0) is 9.53 Å². The molecule has 1 N–H and O–H groups in total. The first-order valence-corrected chi connectivity index (χ1v) is 7.56. The Morgan fingerprint density at radius 3 is 2.95 bits per heavy atom. The predicted octanol–water partition coefficient (Wildman–Crippen LogP) is 3.08. The smallest absolute Gasteiger partial charge is 0.350 e. The normalized spacial score (nSPS) is 11.0. The molecule has 7 heteroatoms. The number of nitriles is 1. The molecule has 0 unspecified atom stereocenters. The Bertz CT molecular complexity index is 746. The first-order chi connectivity index (χ1) is 10.7. The Kier molecular flexibility index (Phi) is 5.33. The van der Waals surface area contributed by atoms with Crippen molar-refractivity contribution < 1.29 is 14.3 Å². The number of aromatic nitrogens is 1. The van der Waals surface area contributed by atoms with Crippen LogP contribution in [0.1, 0.15) is 13.8 Å². The molecule has 2 aromatic rings. The van der Waals surface area contributed by atoms with Crippen LogP contribution in [0.15, 0.2) is 30.0 Å². The van der Waals surface area contributed by atoms with Crippen molar-refractivity contribution in [3.63, 3.8) is 0 Å². The topological polar surface area (TPSA) is 84.2 Å². The third-order valence-electron chi connectivity index (χ3n) is 2.63. The summed E-state index contributed by atoms with van der Waals surface area (Å²) in [5.41, 5.74) is 0.718. The lowest BCUT2D eigenvalue weighted by atomic mass is 10.3. The third-order valence-corrected chi connectivity index (χ3v) is 3.58. The first kappa shape index (κ1) is 15.8. The fourth-order valence-corrected chi connectivity index (χ4v) is 2.57. The van der Waals surface area contributed by atoms with Gasteiger partial charge in [-0.15, -0.1) is 0 Å². The van der Waals surface area contributed by atoms with Crippen molar-refractivity contribution in [1.82, 2.24) is 4.98 Å². The van der Waals surface area contributed by atoms with Gasteiger partial charge in [-0.1, -0.05) is 11.3 Å². The molecule has 0 aliphatic carbocycles. The standard InChI is InChI=1S/C15H15N3O3S/c1-3-20-11-5-6-12-13(7-11)22-15(18-12)17-9-10(8-16)14(19)21-4-2/h5-7,9H,3-4H2,1-2H3,(H,17,18)/b10-9+. The van der Waals surface area contributed by atoms with Crippen LogP contribution in [0.2, 0.25) is 0 Å². The zero-order valence-electron chi connectivity index (χ0n) is 12.3. The molecule has 6 nitrogen and oxygen atoms in total. The lowest BCUT2D eigenvalue weighted by Crippen LogP contribution is -2.07. The van der Waals surface area contributed by atoms with Crippen LogP contribution >= 0.6 is 11.3 Å². The van der Waals surface area contributed by atoms with E-state index in [0.717, 1.165) is 16.0 Å². The van der Waals surface area contributed by atoms with Gasteiger partial charge in [0.25, 0.3) is 0 Å². The molecule has 0 saturated carbocycles. The second-order valence-corrected chi connectivity index (χ2v) is 5.15. The summed E-state index contributed by atoms with van der Waals surface area (Å²) in [7, 11) is 0. The van der Waals surface area contributed by atoms with E-state index in [0.29, 0.717) is 11.7 Å². The summed E-state index contributed by atoms with van der Waals surface area (Å²) < 4.78 is 11.2. The molecule has 2 rings (SSSR count). The number of hydrogen-bond donors (Lipinski definition) is 1. The lowest BCUT2D eigenvalue weighted by molar-refractivity contribution is -0.138. The summed E-state index contributed by atoms with van der Waals surface area (Å²) in [6.45, 7) is 4.43. The van der Waals surface area contributed by atoms with Crippen molar-refractivity contribution in [2.75, 3.05) is 18.5 Å². The molecular weight excluding hydrogens is 302 g/mol. The highest BCUT2D eigenvalue weighted by molar-refractivity contribution is 7.22. The average molecular weight is 317 g/mol. The van der Waals surface area contributed by atoms with Gasteiger partial charge in [0.2, 0.25) is 0 Å². The minimum Gasteiger partial charge on any atom is -0.494 e. The van der Waals surface area contributed by atoms with Crippen molar-refractivity contribution >= 4 is 32.7 Å². The zero-order valence-corrected chi connectivity index (χ0v) is 13.1. The number of anilines is 1. The first-order valence-electron chi connectivity index (χ1n) is 6.75. The number of ether oxygens (including phenoxy) is 2. The lowest BCUT2D eigenvalue weighted by Gasteiger charge is -2.00. The van der Waals surface area contributed by atoms with Gasteiger partial charge in [0.15, 0.2) is 10.7 Å². The van der Waals surface area contributed by atoms with Gasteiger partial charge < -0.3 is 14.8 Å². The minimum atomic E-state index is -0.655. The van der Waals surface area contributed by atoms with Crippen molar-refractivity contribution in [3.05, 3.63) is 30.0 Å². The highest BCUT2D eigenvalue weighted by Crippen LogP contribution is 2.29. The zero-order chi connectivity index (χ0) is 15.9. The SMILES string of the molecule is CCOC(=O)/C(C#N)=C/Nc1nc2ccc(OCC)cc2s1. The third kappa shape index (κ3) is 3.74. The number of rotatable bonds is 6. The summed E-state index contributed by atoms with van der Waals surface area (Å²) in [6.07, 6.45) is 1.30. The molecule has 1 aromatic heterocycles. The largest absolute Gasteiger partial charge is 0.494 e. The Hall–Kier alpha value is -2.59. The van der Waals surface area contributed by atoms with E-state index in [1.54, 1.807) is 13.0 Å². The number of nitrogens with one attached hydrogen (secondary N) is 1. The molecule has 0 saturated heterocycles. The van der Waals surface area contributed by atoms with Crippen molar-refractivity contribution in [2.45, 2.75) is 13.8 Å². The molecule has 0 spiro atoms. The van der Waals surface area contributed by atoms with E-state index < -0.39 is 5.97 Å². The molecule has 0 bridgehead atoms. The molecule has 0 atom stereocenters. The van der Waals surface area contributed by atoms with E-state index in [9.17, 15) is 4.79 Å². The van der Waals surface area contributed by atoms with E-state index >= 15 is 0 Å². The van der Waals surface area contributed by atoms with Gasteiger partial charge in [0.05, 0.1) is 23.4 Å². The molecular formula is C15H15N3O3S. The summed E-state index contributed by atoms with van der Waals surface area (Å²) in [5.74, 6) is 0.127. The van der Waals surface area contributed by atoms with E-state index in [4.69, 9.17) is 14.7 Å². The van der Waals surface area contributed by atoms with Crippen LogP contribution in [0.25, 0.3) is 10.2 Å². The number of benzene rings is 1. The molecule has 0 amide bonds. The van der Waals surface area contributed by atoms with Gasteiger partial charge >= 0.3 is 5.97 Å². The number of nitrogens with zero attached hydrogens (tertiary/aromatic N) is 2. The van der Waals surface area contributed by atoms with E-state index in [2.05, 4.69) is 10.3 Å².